The molecule has 0 radical (unpaired) electrons. The highest BCUT2D eigenvalue weighted by Crippen LogP contribution is 2.29. The van der Waals surface area contributed by atoms with E-state index in [4.69, 9.17) is 4.74 Å². The van der Waals surface area contributed by atoms with Gasteiger partial charge in [0.15, 0.2) is 17.7 Å². The normalized spacial score (nSPS) is 20.7. The van der Waals surface area contributed by atoms with Gasteiger partial charge in [0.2, 0.25) is 5.43 Å². The van der Waals surface area contributed by atoms with Gasteiger partial charge in [-0.05, 0) is 19.1 Å². The quantitative estimate of drug-likeness (QED) is 0.803. The monoisotopic (exact) mass is 391 g/mol. The van der Waals surface area contributed by atoms with Gasteiger partial charge in [-0.3, -0.25) is 14.4 Å². The number of fused-ring (bicyclic) bond motifs is 2. The van der Waals surface area contributed by atoms with Crippen molar-refractivity contribution < 1.29 is 28.2 Å². The second kappa shape index (κ2) is 6.41. The van der Waals surface area contributed by atoms with Gasteiger partial charge in [0.1, 0.15) is 17.2 Å². The van der Waals surface area contributed by atoms with E-state index in [1.807, 2.05) is 0 Å². The minimum Gasteiger partial charge on any atom is -0.503 e. The molecular weight excluding hydrogens is 376 g/mol. The Kier molecular flexibility index (Phi) is 4.15. The Morgan fingerprint density at radius 3 is 2.79 bits per heavy atom. The van der Waals surface area contributed by atoms with Crippen molar-refractivity contribution in [3.8, 4) is 5.75 Å². The number of carbonyl (C=O) groups is 2. The number of aromatic nitrogens is 1. The molecule has 146 valence electrons. The first kappa shape index (κ1) is 18.1. The zero-order valence-corrected chi connectivity index (χ0v) is 14.6. The highest BCUT2D eigenvalue weighted by Gasteiger charge is 2.42. The molecule has 1 fully saturated rings. The van der Waals surface area contributed by atoms with Gasteiger partial charge in [0.25, 0.3) is 11.8 Å². The predicted octanol–water partition coefficient (Wildman–Crippen LogP) is 1.29. The third kappa shape index (κ3) is 2.73. The van der Waals surface area contributed by atoms with Crippen LogP contribution in [0.15, 0.2) is 29.2 Å². The summed E-state index contributed by atoms with van der Waals surface area (Å²) in [4.78, 5) is 39.0. The summed E-state index contributed by atoms with van der Waals surface area (Å²) in [6, 6.07) is 2.32. The molecule has 0 aliphatic carbocycles. The number of rotatable bonds is 2. The Balaban J connectivity index is 1.72. The number of hydrogen-bond donors (Lipinski definition) is 2. The van der Waals surface area contributed by atoms with Gasteiger partial charge in [0, 0.05) is 12.3 Å². The maximum Gasteiger partial charge on any atom is 0.276 e. The van der Waals surface area contributed by atoms with Crippen LogP contribution in [-0.2, 0) is 11.3 Å². The van der Waals surface area contributed by atoms with E-state index in [9.17, 15) is 28.3 Å². The number of halogens is 2. The largest absolute Gasteiger partial charge is 0.503 e. The van der Waals surface area contributed by atoms with E-state index in [0.717, 1.165) is 18.3 Å². The summed E-state index contributed by atoms with van der Waals surface area (Å²) in [5.41, 5.74) is -2.12. The summed E-state index contributed by atoms with van der Waals surface area (Å²) in [7, 11) is 0. The van der Waals surface area contributed by atoms with Gasteiger partial charge in [-0.25, -0.2) is 8.78 Å². The number of aromatic hydroxyl groups is 1. The third-order valence-electron chi connectivity index (χ3n) is 4.79. The molecule has 3 heterocycles. The fraction of sp³-hybridized carbons (Fsp3) is 0.278. The number of amides is 2. The van der Waals surface area contributed by atoms with Crippen molar-refractivity contribution >= 4 is 17.5 Å². The first-order valence-corrected chi connectivity index (χ1v) is 8.45. The van der Waals surface area contributed by atoms with Crippen LogP contribution in [-0.4, -0.2) is 45.3 Å². The molecule has 8 nitrogen and oxygen atoms in total. The topological polar surface area (TPSA) is 101 Å². The van der Waals surface area contributed by atoms with E-state index in [-0.39, 0.29) is 24.0 Å². The molecule has 2 aliphatic heterocycles. The van der Waals surface area contributed by atoms with Crippen molar-refractivity contribution in [1.29, 1.82) is 0 Å². The average molecular weight is 391 g/mol. The lowest BCUT2D eigenvalue weighted by Gasteiger charge is -2.33. The minimum atomic E-state index is -1.06. The van der Waals surface area contributed by atoms with Gasteiger partial charge in [-0.2, -0.15) is 0 Å². The number of anilines is 1. The number of nitrogens with zero attached hydrogens (tertiary/aromatic N) is 2. The van der Waals surface area contributed by atoms with Crippen molar-refractivity contribution in [1.82, 2.24) is 9.47 Å². The number of benzene rings is 1. The molecule has 1 aromatic heterocycles. The molecule has 0 unspecified atom stereocenters. The van der Waals surface area contributed by atoms with Crippen molar-refractivity contribution in [2.75, 3.05) is 11.9 Å². The van der Waals surface area contributed by atoms with E-state index in [2.05, 4.69) is 5.32 Å². The molecule has 2 aliphatic rings. The Morgan fingerprint density at radius 2 is 2.07 bits per heavy atom. The minimum absolute atomic E-state index is 0.116. The van der Waals surface area contributed by atoms with Crippen LogP contribution in [0.3, 0.4) is 0 Å². The SMILES string of the molecule is C[C@H]1CO[C@@H]2Cn3cc(C(=O)Nc4ccc(F)cc4F)c(=O)c(O)c3C(=O)N12. The second-order valence-electron chi connectivity index (χ2n) is 6.65. The first-order chi connectivity index (χ1) is 13.3. The van der Waals surface area contributed by atoms with Gasteiger partial charge in [-0.15, -0.1) is 0 Å². The van der Waals surface area contributed by atoms with Crippen molar-refractivity contribution in [3.05, 3.63) is 57.5 Å². The molecule has 2 aromatic rings. The Morgan fingerprint density at radius 1 is 1.32 bits per heavy atom. The summed E-state index contributed by atoms with van der Waals surface area (Å²) in [6.07, 6.45) is 0.540. The van der Waals surface area contributed by atoms with Gasteiger partial charge in [0.05, 0.1) is 24.9 Å². The molecule has 28 heavy (non-hydrogen) atoms. The van der Waals surface area contributed by atoms with E-state index in [1.165, 1.54) is 9.47 Å². The zero-order valence-electron chi connectivity index (χ0n) is 14.6. The summed E-state index contributed by atoms with van der Waals surface area (Å²) in [6.45, 7) is 2.21. The van der Waals surface area contributed by atoms with E-state index < -0.39 is 46.4 Å². The van der Waals surface area contributed by atoms with Crippen molar-refractivity contribution in [2.24, 2.45) is 0 Å². The molecule has 0 bridgehead atoms. The summed E-state index contributed by atoms with van der Waals surface area (Å²) in [5, 5.41) is 12.4. The number of carbonyl (C=O) groups excluding carboxylic acids is 2. The van der Waals surface area contributed by atoms with Crippen LogP contribution in [0.2, 0.25) is 0 Å². The molecule has 2 atom stereocenters. The molecule has 2 N–H and O–H groups in total. The lowest BCUT2D eigenvalue weighted by atomic mass is 10.1. The van der Waals surface area contributed by atoms with Crippen LogP contribution in [0.5, 0.6) is 5.75 Å². The smallest absolute Gasteiger partial charge is 0.276 e. The average Bonchev–Trinajstić information content (AvgIpc) is 3.01. The summed E-state index contributed by atoms with van der Waals surface area (Å²) in [5.74, 6) is -4.29. The molecule has 0 saturated carbocycles. The highest BCUT2D eigenvalue weighted by atomic mass is 19.1. The first-order valence-electron chi connectivity index (χ1n) is 8.45. The maximum absolute atomic E-state index is 13.8. The molecule has 0 spiro atoms. The molecule has 10 heteroatoms. The number of hydrogen-bond acceptors (Lipinski definition) is 5. The van der Waals surface area contributed by atoms with Crippen LogP contribution in [0.25, 0.3) is 0 Å². The van der Waals surface area contributed by atoms with Gasteiger partial charge in [-0.1, -0.05) is 0 Å². The van der Waals surface area contributed by atoms with Gasteiger partial charge < -0.3 is 24.6 Å². The fourth-order valence-corrected chi connectivity index (χ4v) is 3.42. The molecule has 2 amide bonds. The third-order valence-corrected chi connectivity index (χ3v) is 4.79. The molecular formula is C18H15F2N3O5. The van der Waals surface area contributed by atoms with Crippen molar-refractivity contribution in [2.45, 2.75) is 25.7 Å². The maximum atomic E-state index is 13.8. The lowest BCUT2D eigenvalue weighted by Crippen LogP contribution is -2.48. The molecule has 1 saturated heterocycles. The Hall–Kier alpha value is -3.27. The fourth-order valence-electron chi connectivity index (χ4n) is 3.42. The molecule has 4 rings (SSSR count). The summed E-state index contributed by atoms with van der Waals surface area (Å²) >= 11 is 0. The van der Waals surface area contributed by atoms with E-state index >= 15 is 0 Å². The number of nitrogens with one attached hydrogen (secondary N) is 1. The molecule has 1 aromatic carbocycles. The second-order valence-corrected chi connectivity index (χ2v) is 6.65. The van der Waals surface area contributed by atoms with Crippen molar-refractivity contribution in [3.63, 3.8) is 0 Å². The summed E-state index contributed by atoms with van der Waals surface area (Å²) < 4.78 is 33.6. The Labute approximate surface area is 156 Å². The van der Waals surface area contributed by atoms with Crippen LogP contribution < -0.4 is 10.7 Å². The lowest BCUT2D eigenvalue weighted by molar-refractivity contribution is 0.00626. The highest BCUT2D eigenvalue weighted by molar-refractivity contribution is 6.05. The Bertz CT molecular complexity index is 1070. The predicted molar refractivity (Wildman–Crippen MR) is 92.0 cm³/mol. The van der Waals surface area contributed by atoms with Crippen LogP contribution in [0.1, 0.15) is 27.8 Å². The van der Waals surface area contributed by atoms with E-state index in [0.29, 0.717) is 12.7 Å². The van der Waals surface area contributed by atoms with Crippen LogP contribution in [0.4, 0.5) is 14.5 Å². The van der Waals surface area contributed by atoms with E-state index in [1.54, 1.807) is 6.92 Å². The standard InChI is InChI=1S/C18H15F2N3O5/c1-8-7-28-13-6-22-5-10(15(24)16(25)14(22)18(27)23(8)13)17(26)21-12-3-2-9(19)4-11(12)20/h2-5,8,13,25H,6-7H2,1H3,(H,21,26)/t8-,13+/m0/s1. The number of ether oxygens (including phenoxy) is 1. The van der Waals surface area contributed by atoms with Gasteiger partial charge >= 0.3 is 0 Å². The van der Waals surface area contributed by atoms with Crippen LogP contribution in [0, 0.1) is 11.6 Å². The zero-order chi connectivity index (χ0) is 20.2. The number of pyridine rings is 1. The van der Waals surface area contributed by atoms with Crippen LogP contribution >= 0.6 is 0 Å².